The average Bonchev–Trinajstić information content (AvgIpc) is 3.69. The van der Waals surface area contributed by atoms with Crippen molar-refractivity contribution < 1.29 is 23.0 Å². The third-order valence-electron chi connectivity index (χ3n) is 7.27. The number of aromatic nitrogens is 1. The van der Waals surface area contributed by atoms with Crippen LogP contribution in [0.1, 0.15) is 53.6 Å². The largest absolute Gasteiger partial charge is 0.493 e. The molecule has 198 valence electrons. The second-order valence-electron chi connectivity index (χ2n) is 10.2. The summed E-state index contributed by atoms with van der Waals surface area (Å²) in [6.07, 6.45) is 6.79. The normalized spacial score (nSPS) is 18.5. The van der Waals surface area contributed by atoms with Crippen LogP contribution in [0.2, 0.25) is 0 Å². The maximum atomic E-state index is 14.7. The Labute approximate surface area is 218 Å². The standard InChI is InChI=1S/C28H34FN3O4S/c1-18-26(32-28(33)24-6-5-23(15-25(24)29)36-11-8-19-2-3-19)7-4-21-14-20(17-31-27(18)21)16-30-22-9-12-37(34,35)13-10-22/h4-7,14-15,17,19,22,30,34-35H,2-3,8-13,16H2,1H3,(H,32,33). The fourth-order valence-electron chi connectivity index (χ4n) is 4.71. The fourth-order valence-corrected chi connectivity index (χ4v) is 6.24. The first-order valence-electron chi connectivity index (χ1n) is 12.9. The molecule has 2 aliphatic rings. The number of carbonyl (C=O) groups is 1. The van der Waals surface area contributed by atoms with E-state index in [4.69, 9.17) is 4.74 Å². The van der Waals surface area contributed by atoms with E-state index in [1.807, 2.05) is 25.3 Å². The minimum atomic E-state index is -2.38. The van der Waals surface area contributed by atoms with Crippen LogP contribution in [0.3, 0.4) is 0 Å². The Balaban J connectivity index is 1.21. The van der Waals surface area contributed by atoms with E-state index in [1.165, 1.54) is 25.0 Å². The quantitative estimate of drug-likeness (QED) is 0.267. The van der Waals surface area contributed by atoms with Crippen LogP contribution in [0.15, 0.2) is 42.6 Å². The van der Waals surface area contributed by atoms with E-state index in [2.05, 4.69) is 21.7 Å². The number of benzene rings is 2. The molecule has 1 saturated carbocycles. The van der Waals surface area contributed by atoms with Gasteiger partial charge in [-0.2, -0.15) is 10.6 Å². The summed E-state index contributed by atoms with van der Waals surface area (Å²) in [4.78, 5) is 17.5. The van der Waals surface area contributed by atoms with Crippen molar-refractivity contribution in [2.75, 3.05) is 23.4 Å². The van der Waals surface area contributed by atoms with E-state index < -0.39 is 22.3 Å². The van der Waals surface area contributed by atoms with Gasteiger partial charge in [-0.25, -0.2) is 4.39 Å². The highest BCUT2D eigenvalue weighted by Crippen LogP contribution is 2.43. The number of rotatable bonds is 9. The fraction of sp³-hybridized carbons (Fsp3) is 0.429. The zero-order valence-electron chi connectivity index (χ0n) is 21.0. The highest BCUT2D eigenvalue weighted by molar-refractivity contribution is 8.24. The van der Waals surface area contributed by atoms with Crippen LogP contribution in [-0.2, 0) is 6.54 Å². The summed E-state index contributed by atoms with van der Waals surface area (Å²) in [5.74, 6) is 0.956. The second-order valence-corrected chi connectivity index (χ2v) is 12.6. The Hall–Kier alpha value is -2.72. The number of anilines is 1. The summed E-state index contributed by atoms with van der Waals surface area (Å²) in [5, 5.41) is 7.26. The number of ether oxygens (including phenoxy) is 1. The molecule has 37 heavy (non-hydrogen) atoms. The van der Waals surface area contributed by atoms with Gasteiger partial charge in [-0.3, -0.25) is 18.9 Å². The molecular weight excluding hydrogens is 493 g/mol. The first-order valence-corrected chi connectivity index (χ1v) is 14.7. The maximum absolute atomic E-state index is 14.7. The lowest BCUT2D eigenvalue weighted by Gasteiger charge is -2.39. The Morgan fingerprint density at radius 2 is 1.92 bits per heavy atom. The number of hydrogen-bond donors (Lipinski definition) is 4. The summed E-state index contributed by atoms with van der Waals surface area (Å²) in [6.45, 7) is 3.09. The molecule has 0 radical (unpaired) electrons. The van der Waals surface area contributed by atoms with Gasteiger partial charge in [-0.05, 0) is 67.5 Å². The van der Waals surface area contributed by atoms with Gasteiger partial charge in [0.05, 0.1) is 17.7 Å². The Morgan fingerprint density at radius 1 is 1.14 bits per heavy atom. The van der Waals surface area contributed by atoms with E-state index in [-0.39, 0.29) is 11.6 Å². The predicted octanol–water partition coefficient (Wildman–Crippen LogP) is 6.12. The van der Waals surface area contributed by atoms with Gasteiger partial charge in [0, 0.05) is 47.4 Å². The molecule has 0 spiro atoms. The summed E-state index contributed by atoms with van der Waals surface area (Å²) >= 11 is 0. The van der Waals surface area contributed by atoms with Gasteiger partial charge in [0.1, 0.15) is 11.6 Å². The second kappa shape index (κ2) is 10.9. The van der Waals surface area contributed by atoms with Gasteiger partial charge < -0.3 is 15.4 Å². The smallest absolute Gasteiger partial charge is 0.258 e. The Bertz CT molecular complexity index is 1290. The number of nitrogens with one attached hydrogen (secondary N) is 2. The molecule has 2 aromatic carbocycles. The van der Waals surface area contributed by atoms with Crippen LogP contribution in [-0.4, -0.2) is 44.2 Å². The molecule has 3 aromatic rings. The zero-order chi connectivity index (χ0) is 26.0. The number of carbonyl (C=O) groups excluding carboxylic acids is 1. The number of aryl methyl sites for hydroxylation is 1. The molecule has 1 aliphatic heterocycles. The highest BCUT2D eigenvalue weighted by Gasteiger charge is 2.24. The topological polar surface area (TPSA) is 104 Å². The van der Waals surface area contributed by atoms with Crippen molar-refractivity contribution in [1.82, 2.24) is 10.3 Å². The molecule has 1 saturated heterocycles. The molecule has 2 heterocycles. The molecule has 7 nitrogen and oxygen atoms in total. The number of fused-ring (bicyclic) bond motifs is 1. The number of nitrogens with zero attached hydrogens (tertiary/aromatic N) is 1. The minimum absolute atomic E-state index is 0.0348. The van der Waals surface area contributed by atoms with Crippen LogP contribution in [0.4, 0.5) is 10.1 Å². The Morgan fingerprint density at radius 3 is 2.65 bits per heavy atom. The summed E-state index contributed by atoms with van der Waals surface area (Å²) in [5.41, 5.74) is 3.16. The van der Waals surface area contributed by atoms with Crippen molar-refractivity contribution in [2.24, 2.45) is 5.92 Å². The third kappa shape index (κ3) is 6.59. The van der Waals surface area contributed by atoms with Crippen LogP contribution < -0.4 is 15.4 Å². The van der Waals surface area contributed by atoms with Crippen molar-refractivity contribution in [1.29, 1.82) is 0 Å². The van der Waals surface area contributed by atoms with Crippen LogP contribution >= 0.6 is 10.6 Å². The average molecular weight is 528 g/mol. The molecular formula is C28H34FN3O4S. The van der Waals surface area contributed by atoms with Crippen LogP contribution in [0.5, 0.6) is 5.75 Å². The van der Waals surface area contributed by atoms with Gasteiger partial charge in [0.25, 0.3) is 5.91 Å². The van der Waals surface area contributed by atoms with Gasteiger partial charge in [-0.15, -0.1) is 0 Å². The highest BCUT2D eigenvalue weighted by atomic mass is 32.3. The molecule has 9 heteroatoms. The molecule has 2 fully saturated rings. The minimum Gasteiger partial charge on any atom is -0.493 e. The summed E-state index contributed by atoms with van der Waals surface area (Å²) in [7, 11) is -2.38. The monoisotopic (exact) mass is 527 g/mol. The lowest BCUT2D eigenvalue weighted by molar-refractivity contribution is 0.102. The van der Waals surface area contributed by atoms with Crippen molar-refractivity contribution in [2.45, 2.75) is 51.6 Å². The maximum Gasteiger partial charge on any atom is 0.258 e. The van der Waals surface area contributed by atoms with E-state index in [9.17, 15) is 18.3 Å². The van der Waals surface area contributed by atoms with Crippen molar-refractivity contribution in [3.63, 3.8) is 0 Å². The molecule has 1 aromatic heterocycles. The summed E-state index contributed by atoms with van der Waals surface area (Å²) < 4.78 is 39.9. The number of hydrogen-bond acceptors (Lipinski definition) is 6. The molecule has 4 N–H and O–H groups in total. The van der Waals surface area contributed by atoms with Crippen molar-refractivity contribution in [3.8, 4) is 5.75 Å². The first-order chi connectivity index (χ1) is 17.8. The molecule has 1 amide bonds. The van der Waals surface area contributed by atoms with Gasteiger partial charge in [0.15, 0.2) is 0 Å². The lowest BCUT2D eigenvalue weighted by atomic mass is 10.1. The Kier molecular flexibility index (Phi) is 7.67. The summed E-state index contributed by atoms with van der Waals surface area (Å²) in [6, 6.07) is 10.4. The van der Waals surface area contributed by atoms with E-state index in [0.29, 0.717) is 36.1 Å². The lowest BCUT2D eigenvalue weighted by Crippen LogP contribution is -2.35. The zero-order valence-corrected chi connectivity index (χ0v) is 21.8. The van der Waals surface area contributed by atoms with Gasteiger partial charge in [-0.1, -0.05) is 18.9 Å². The number of halogens is 1. The first kappa shape index (κ1) is 25.9. The predicted molar refractivity (Wildman–Crippen MR) is 146 cm³/mol. The molecule has 1 aliphatic carbocycles. The van der Waals surface area contributed by atoms with E-state index >= 15 is 0 Å². The van der Waals surface area contributed by atoms with E-state index in [0.717, 1.165) is 47.2 Å². The van der Waals surface area contributed by atoms with Crippen molar-refractivity contribution >= 4 is 33.1 Å². The molecule has 0 atom stereocenters. The molecule has 5 rings (SSSR count). The van der Waals surface area contributed by atoms with E-state index in [1.54, 1.807) is 6.07 Å². The van der Waals surface area contributed by atoms with Crippen LogP contribution in [0.25, 0.3) is 10.9 Å². The van der Waals surface area contributed by atoms with Crippen LogP contribution in [0, 0.1) is 18.7 Å². The van der Waals surface area contributed by atoms with Gasteiger partial charge >= 0.3 is 0 Å². The van der Waals surface area contributed by atoms with Crippen molar-refractivity contribution in [3.05, 3.63) is 65.1 Å². The number of amides is 1. The van der Waals surface area contributed by atoms with Gasteiger partial charge in [0.2, 0.25) is 0 Å². The molecule has 0 bridgehead atoms. The third-order valence-corrected chi connectivity index (χ3v) is 9.05. The SMILES string of the molecule is Cc1c(NC(=O)c2ccc(OCCC3CC3)cc2F)ccc2cc(CNC3CCS(O)(O)CC3)cnc12. The number of pyridine rings is 1. The molecule has 0 unspecified atom stereocenters.